The standard InChI is InChI=1S/C15H18N4O2/c16-5-6-18-10-13(17-11-18)15(20)19-7-8-21-14-4-2-1-3-12(14)9-19/h1-4,10-11H,5-9,16H2. The van der Waals surface area contributed by atoms with Gasteiger partial charge >= 0.3 is 0 Å². The Kier molecular flexibility index (Phi) is 3.87. The molecule has 6 nitrogen and oxygen atoms in total. The van der Waals surface area contributed by atoms with Crippen LogP contribution in [0.5, 0.6) is 5.75 Å². The maximum absolute atomic E-state index is 12.5. The topological polar surface area (TPSA) is 73.4 Å². The van der Waals surface area contributed by atoms with Crippen LogP contribution in [-0.2, 0) is 13.1 Å². The Labute approximate surface area is 123 Å². The molecular formula is C15H18N4O2. The highest BCUT2D eigenvalue weighted by Gasteiger charge is 2.22. The second kappa shape index (κ2) is 5.97. The maximum atomic E-state index is 12.5. The van der Waals surface area contributed by atoms with E-state index in [1.165, 1.54) is 0 Å². The SMILES string of the molecule is NCCn1cnc(C(=O)N2CCOc3ccccc3C2)c1. The summed E-state index contributed by atoms with van der Waals surface area (Å²) in [5.74, 6) is 0.771. The number of para-hydroxylation sites is 1. The van der Waals surface area contributed by atoms with Crippen LogP contribution in [0.4, 0.5) is 0 Å². The normalized spacial score (nSPS) is 14.2. The summed E-state index contributed by atoms with van der Waals surface area (Å²) in [6, 6.07) is 7.80. The fourth-order valence-corrected chi connectivity index (χ4v) is 2.40. The molecule has 0 unspecified atom stereocenters. The van der Waals surface area contributed by atoms with E-state index in [1.807, 2.05) is 28.8 Å². The van der Waals surface area contributed by atoms with Crippen LogP contribution < -0.4 is 10.5 Å². The molecule has 2 heterocycles. The van der Waals surface area contributed by atoms with Crippen molar-refractivity contribution in [1.82, 2.24) is 14.5 Å². The maximum Gasteiger partial charge on any atom is 0.274 e. The van der Waals surface area contributed by atoms with Crippen molar-refractivity contribution < 1.29 is 9.53 Å². The lowest BCUT2D eigenvalue weighted by Crippen LogP contribution is -2.32. The molecule has 1 aliphatic heterocycles. The van der Waals surface area contributed by atoms with Gasteiger partial charge in [-0.25, -0.2) is 4.98 Å². The number of amides is 1. The van der Waals surface area contributed by atoms with Crippen molar-refractivity contribution in [3.8, 4) is 5.75 Å². The lowest BCUT2D eigenvalue weighted by atomic mass is 10.2. The Morgan fingerprint density at radius 3 is 3.10 bits per heavy atom. The number of carbonyl (C=O) groups excluding carboxylic acids is 1. The van der Waals surface area contributed by atoms with Gasteiger partial charge in [0.2, 0.25) is 0 Å². The Morgan fingerprint density at radius 1 is 1.38 bits per heavy atom. The summed E-state index contributed by atoms with van der Waals surface area (Å²) in [4.78, 5) is 18.5. The van der Waals surface area contributed by atoms with E-state index in [0.717, 1.165) is 11.3 Å². The lowest BCUT2D eigenvalue weighted by molar-refractivity contribution is 0.0727. The molecule has 3 rings (SSSR count). The second-order valence-electron chi connectivity index (χ2n) is 4.97. The van der Waals surface area contributed by atoms with Crippen LogP contribution in [0.25, 0.3) is 0 Å². The van der Waals surface area contributed by atoms with Crippen molar-refractivity contribution in [2.45, 2.75) is 13.1 Å². The first-order valence-electron chi connectivity index (χ1n) is 7.00. The molecule has 1 amide bonds. The molecule has 1 aromatic carbocycles. The molecule has 2 N–H and O–H groups in total. The molecule has 0 saturated carbocycles. The Bertz CT molecular complexity index is 638. The minimum Gasteiger partial charge on any atom is -0.491 e. The molecule has 6 heteroatoms. The average Bonchev–Trinajstić information content (AvgIpc) is 2.85. The van der Waals surface area contributed by atoms with Gasteiger partial charge in [0.25, 0.3) is 5.91 Å². The third kappa shape index (κ3) is 2.90. The molecule has 0 radical (unpaired) electrons. The smallest absolute Gasteiger partial charge is 0.274 e. The van der Waals surface area contributed by atoms with Crippen LogP contribution in [0.3, 0.4) is 0 Å². The quantitative estimate of drug-likeness (QED) is 0.909. The van der Waals surface area contributed by atoms with E-state index in [2.05, 4.69) is 4.98 Å². The molecule has 0 spiro atoms. The highest BCUT2D eigenvalue weighted by Crippen LogP contribution is 2.23. The number of fused-ring (bicyclic) bond motifs is 1. The molecule has 0 aliphatic carbocycles. The minimum absolute atomic E-state index is 0.0777. The van der Waals surface area contributed by atoms with E-state index in [4.69, 9.17) is 10.5 Å². The van der Waals surface area contributed by atoms with E-state index >= 15 is 0 Å². The molecule has 0 fully saturated rings. The Hall–Kier alpha value is -2.34. The van der Waals surface area contributed by atoms with Gasteiger partial charge < -0.3 is 19.9 Å². The predicted molar refractivity (Wildman–Crippen MR) is 78.0 cm³/mol. The number of hydrogen-bond donors (Lipinski definition) is 1. The van der Waals surface area contributed by atoms with Gasteiger partial charge in [0.05, 0.1) is 12.9 Å². The van der Waals surface area contributed by atoms with Gasteiger partial charge in [0.1, 0.15) is 18.1 Å². The molecule has 21 heavy (non-hydrogen) atoms. The van der Waals surface area contributed by atoms with Gasteiger partial charge in [-0.3, -0.25) is 4.79 Å². The lowest BCUT2D eigenvalue weighted by Gasteiger charge is -2.18. The highest BCUT2D eigenvalue weighted by molar-refractivity contribution is 5.92. The van der Waals surface area contributed by atoms with Crippen molar-refractivity contribution in [3.63, 3.8) is 0 Å². The van der Waals surface area contributed by atoms with Crippen LogP contribution in [0.2, 0.25) is 0 Å². The summed E-state index contributed by atoms with van der Waals surface area (Å²) in [6.07, 6.45) is 3.38. The zero-order chi connectivity index (χ0) is 14.7. The van der Waals surface area contributed by atoms with Crippen molar-refractivity contribution in [3.05, 3.63) is 48.0 Å². The van der Waals surface area contributed by atoms with Gasteiger partial charge in [-0.2, -0.15) is 0 Å². The second-order valence-corrected chi connectivity index (χ2v) is 4.97. The number of aromatic nitrogens is 2. The Balaban J connectivity index is 1.78. The zero-order valence-electron chi connectivity index (χ0n) is 11.7. The fourth-order valence-electron chi connectivity index (χ4n) is 2.40. The number of hydrogen-bond acceptors (Lipinski definition) is 4. The number of rotatable bonds is 3. The van der Waals surface area contributed by atoms with E-state index in [0.29, 0.717) is 38.5 Å². The first kappa shape index (κ1) is 13.6. The summed E-state index contributed by atoms with van der Waals surface area (Å²) < 4.78 is 7.50. The van der Waals surface area contributed by atoms with Crippen LogP contribution in [-0.4, -0.2) is 40.1 Å². The largest absolute Gasteiger partial charge is 0.491 e. The molecule has 2 aromatic rings. The van der Waals surface area contributed by atoms with Crippen molar-refractivity contribution >= 4 is 5.91 Å². The number of nitrogens with zero attached hydrogens (tertiary/aromatic N) is 3. The minimum atomic E-state index is -0.0777. The fraction of sp³-hybridized carbons (Fsp3) is 0.333. The van der Waals surface area contributed by atoms with E-state index < -0.39 is 0 Å². The van der Waals surface area contributed by atoms with E-state index in [9.17, 15) is 4.79 Å². The van der Waals surface area contributed by atoms with Crippen molar-refractivity contribution in [2.75, 3.05) is 19.7 Å². The Morgan fingerprint density at radius 2 is 2.24 bits per heavy atom. The summed E-state index contributed by atoms with van der Waals surface area (Å²) in [5, 5.41) is 0. The third-order valence-corrected chi connectivity index (χ3v) is 3.48. The van der Waals surface area contributed by atoms with Gasteiger partial charge in [0, 0.05) is 31.4 Å². The number of ether oxygens (including phenoxy) is 1. The van der Waals surface area contributed by atoms with Crippen molar-refractivity contribution in [2.24, 2.45) is 5.73 Å². The molecule has 110 valence electrons. The molecule has 1 aromatic heterocycles. The number of nitrogens with two attached hydrogens (primary N) is 1. The van der Waals surface area contributed by atoms with Crippen LogP contribution in [0, 0.1) is 0 Å². The van der Waals surface area contributed by atoms with Gasteiger partial charge in [-0.05, 0) is 6.07 Å². The molecular weight excluding hydrogens is 268 g/mol. The summed E-state index contributed by atoms with van der Waals surface area (Å²) >= 11 is 0. The number of carbonyl (C=O) groups is 1. The summed E-state index contributed by atoms with van der Waals surface area (Å²) in [6.45, 7) is 2.77. The van der Waals surface area contributed by atoms with Crippen LogP contribution >= 0.6 is 0 Å². The van der Waals surface area contributed by atoms with Crippen LogP contribution in [0.1, 0.15) is 16.1 Å². The van der Waals surface area contributed by atoms with Gasteiger partial charge in [-0.15, -0.1) is 0 Å². The van der Waals surface area contributed by atoms with Crippen molar-refractivity contribution in [1.29, 1.82) is 0 Å². The van der Waals surface area contributed by atoms with E-state index in [-0.39, 0.29) is 5.91 Å². The zero-order valence-corrected chi connectivity index (χ0v) is 11.7. The first-order valence-corrected chi connectivity index (χ1v) is 7.00. The predicted octanol–water partition coefficient (Wildman–Crippen LogP) is 0.877. The number of imidazole rings is 1. The van der Waals surface area contributed by atoms with Gasteiger partial charge in [-0.1, -0.05) is 18.2 Å². The number of benzene rings is 1. The summed E-state index contributed by atoms with van der Waals surface area (Å²) in [7, 11) is 0. The van der Waals surface area contributed by atoms with E-state index in [1.54, 1.807) is 17.4 Å². The van der Waals surface area contributed by atoms with Gasteiger partial charge in [0.15, 0.2) is 0 Å². The molecule has 0 atom stereocenters. The molecule has 0 bridgehead atoms. The third-order valence-electron chi connectivity index (χ3n) is 3.48. The van der Waals surface area contributed by atoms with Crippen LogP contribution in [0.15, 0.2) is 36.8 Å². The monoisotopic (exact) mass is 286 g/mol. The molecule has 0 saturated heterocycles. The first-order chi connectivity index (χ1) is 10.3. The average molecular weight is 286 g/mol. The summed E-state index contributed by atoms with van der Waals surface area (Å²) in [5.41, 5.74) is 6.97. The highest BCUT2D eigenvalue weighted by atomic mass is 16.5. The molecule has 1 aliphatic rings.